The number of amides is 1. The van der Waals surface area contributed by atoms with E-state index in [1.54, 1.807) is 12.1 Å². The third-order valence-electron chi connectivity index (χ3n) is 5.76. The zero-order valence-electron chi connectivity index (χ0n) is 18.5. The number of methoxy groups -OCH3 is 1. The van der Waals surface area contributed by atoms with Crippen LogP contribution in [0.25, 0.3) is 22.6 Å². The number of anilines is 1. The summed E-state index contributed by atoms with van der Waals surface area (Å²) in [6.07, 6.45) is 1.65. The average Bonchev–Trinajstić information content (AvgIpc) is 3.28. The third-order valence-corrected chi connectivity index (χ3v) is 6.50. The number of fused-ring (bicyclic) bond motifs is 3. The molecule has 0 radical (unpaired) electrons. The highest BCUT2D eigenvalue weighted by Crippen LogP contribution is 2.40. The second kappa shape index (κ2) is 9.14. The van der Waals surface area contributed by atoms with Crippen molar-refractivity contribution in [3.63, 3.8) is 0 Å². The quantitative estimate of drug-likeness (QED) is 0.302. The summed E-state index contributed by atoms with van der Waals surface area (Å²) in [6.45, 7) is 0. The largest absolute Gasteiger partial charge is 0.495 e. The van der Waals surface area contributed by atoms with Gasteiger partial charge in [-0.25, -0.2) is 0 Å². The van der Waals surface area contributed by atoms with Crippen LogP contribution in [0.3, 0.4) is 0 Å². The Hall–Kier alpha value is -3.72. The van der Waals surface area contributed by atoms with Gasteiger partial charge >= 0.3 is 5.51 Å². The van der Waals surface area contributed by atoms with E-state index in [2.05, 4.69) is 16.5 Å². The van der Waals surface area contributed by atoms with Gasteiger partial charge in [-0.1, -0.05) is 29.4 Å². The lowest BCUT2D eigenvalue weighted by atomic mass is 9.88. The van der Waals surface area contributed by atoms with E-state index in [1.165, 1.54) is 36.9 Å². The van der Waals surface area contributed by atoms with Crippen molar-refractivity contribution in [2.24, 2.45) is 0 Å². The summed E-state index contributed by atoms with van der Waals surface area (Å²) in [5, 5.41) is 7.10. The highest BCUT2D eigenvalue weighted by Gasteiger charge is 2.29. The standard InChI is InChI=1S/C26H19F3N2O3S/c1-33-22-13-9-17(24-20-12-8-15-4-2-3-5-19(15)23(20)31-34-24)14-21(22)30-25(32)16-6-10-18(11-7-16)35-26(27,28)29/h2-7,9-11,13-14H,8,12H2,1H3,(H,30,32). The van der Waals surface area contributed by atoms with Gasteiger partial charge in [0, 0.05) is 27.1 Å². The van der Waals surface area contributed by atoms with Crippen molar-refractivity contribution in [1.29, 1.82) is 0 Å². The van der Waals surface area contributed by atoms with Crippen LogP contribution in [-0.2, 0) is 12.8 Å². The highest BCUT2D eigenvalue weighted by molar-refractivity contribution is 8.00. The molecule has 1 aliphatic carbocycles. The number of aryl methyl sites for hydroxylation is 1. The molecule has 0 unspecified atom stereocenters. The van der Waals surface area contributed by atoms with Crippen LogP contribution in [0.4, 0.5) is 18.9 Å². The first-order valence-corrected chi connectivity index (χ1v) is 11.6. The average molecular weight is 497 g/mol. The minimum Gasteiger partial charge on any atom is -0.495 e. The number of nitrogens with zero attached hydrogens (tertiary/aromatic N) is 1. The van der Waals surface area contributed by atoms with Crippen molar-refractivity contribution in [3.8, 4) is 28.3 Å². The molecule has 35 heavy (non-hydrogen) atoms. The number of benzene rings is 3. The Morgan fingerprint density at radius 2 is 1.83 bits per heavy atom. The topological polar surface area (TPSA) is 64.4 Å². The molecule has 1 amide bonds. The molecule has 0 saturated heterocycles. The summed E-state index contributed by atoms with van der Waals surface area (Å²) in [5.74, 6) is 0.587. The van der Waals surface area contributed by atoms with Crippen LogP contribution in [0.1, 0.15) is 21.5 Å². The first-order valence-electron chi connectivity index (χ1n) is 10.7. The smallest absolute Gasteiger partial charge is 0.446 e. The molecule has 1 N–H and O–H groups in total. The van der Waals surface area contributed by atoms with Crippen molar-refractivity contribution in [2.75, 3.05) is 12.4 Å². The van der Waals surface area contributed by atoms with Crippen molar-refractivity contribution in [2.45, 2.75) is 23.2 Å². The van der Waals surface area contributed by atoms with E-state index in [4.69, 9.17) is 9.26 Å². The van der Waals surface area contributed by atoms with Crippen molar-refractivity contribution in [1.82, 2.24) is 5.16 Å². The molecule has 0 atom stereocenters. The van der Waals surface area contributed by atoms with E-state index in [9.17, 15) is 18.0 Å². The Morgan fingerprint density at radius 3 is 2.57 bits per heavy atom. The third kappa shape index (κ3) is 4.77. The number of hydrogen-bond acceptors (Lipinski definition) is 5. The van der Waals surface area contributed by atoms with E-state index in [1.807, 2.05) is 24.3 Å². The SMILES string of the molecule is COc1ccc(-c2onc3c2CCc2ccccc2-3)cc1NC(=O)c1ccc(SC(F)(F)F)cc1. The van der Waals surface area contributed by atoms with Crippen molar-refractivity contribution < 1.29 is 27.2 Å². The van der Waals surface area contributed by atoms with Crippen molar-refractivity contribution in [3.05, 3.63) is 83.4 Å². The molecule has 0 aliphatic heterocycles. The first kappa shape index (κ1) is 23.0. The zero-order chi connectivity index (χ0) is 24.6. The molecule has 1 aliphatic rings. The van der Waals surface area contributed by atoms with Gasteiger partial charge in [-0.05, 0) is 72.6 Å². The number of ether oxygens (including phenoxy) is 1. The maximum Gasteiger partial charge on any atom is 0.446 e. The lowest BCUT2D eigenvalue weighted by Gasteiger charge is -2.15. The summed E-state index contributed by atoms with van der Waals surface area (Å²) in [4.78, 5) is 12.8. The predicted octanol–water partition coefficient (Wildman–Crippen LogP) is 6.98. The van der Waals surface area contributed by atoms with Crippen LogP contribution in [-0.4, -0.2) is 23.7 Å². The lowest BCUT2D eigenvalue weighted by molar-refractivity contribution is -0.0328. The van der Waals surface area contributed by atoms with Crippen LogP contribution >= 0.6 is 11.8 Å². The van der Waals surface area contributed by atoms with E-state index in [0.29, 0.717) is 17.2 Å². The summed E-state index contributed by atoms with van der Waals surface area (Å²) in [5.41, 5.74) is 1.07. The number of thioether (sulfide) groups is 1. The molecule has 1 aromatic heterocycles. The number of carbonyl (C=O) groups excluding carboxylic acids is 1. The van der Waals surface area contributed by atoms with Gasteiger partial charge in [0.2, 0.25) is 0 Å². The second-order valence-electron chi connectivity index (χ2n) is 7.94. The van der Waals surface area contributed by atoms with E-state index < -0.39 is 11.4 Å². The normalized spacial score (nSPS) is 12.6. The van der Waals surface area contributed by atoms with Gasteiger partial charge in [0.1, 0.15) is 11.4 Å². The van der Waals surface area contributed by atoms with Gasteiger partial charge in [0.15, 0.2) is 5.76 Å². The van der Waals surface area contributed by atoms with Gasteiger partial charge < -0.3 is 14.6 Å². The summed E-state index contributed by atoms with van der Waals surface area (Å²) in [7, 11) is 1.49. The van der Waals surface area contributed by atoms with Gasteiger partial charge in [-0.2, -0.15) is 13.2 Å². The molecular formula is C26H19F3N2O3S. The number of nitrogens with one attached hydrogen (secondary N) is 1. The molecule has 4 aromatic rings. The Bertz CT molecular complexity index is 1400. The van der Waals surface area contributed by atoms with Gasteiger partial charge in [-0.3, -0.25) is 4.79 Å². The monoisotopic (exact) mass is 496 g/mol. The molecule has 3 aromatic carbocycles. The molecule has 178 valence electrons. The molecule has 0 fully saturated rings. The number of hydrogen-bond donors (Lipinski definition) is 1. The first-order chi connectivity index (χ1) is 16.8. The van der Waals surface area contributed by atoms with E-state index >= 15 is 0 Å². The molecule has 0 saturated carbocycles. The molecule has 0 bridgehead atoms. The Kier molecular flexibility index (Phi) is 6.02. The highest BCUT2D eigenvalue weighted by atomic mass is 32.2. The summed E-state index contributed by atoms with van der Waals surface area (Å²) >= 11 is -0.229. The Labute approximate surface area is 203 Å². The molecule has 5 nitrogen and oxygen atoms in total. The molecule has 0 spiro atoms. The fourth-order valence-electron chi connectivity index (χ4n) is 4.16. The van der Waals surface area contributed by atoms with Gasteiger partial charge in [-0.15, -0.1) is 0 Å². The fourth-order valence-corrected chi connectivity index (χ4v) is 4.70. The van der Waals surface area contributed by atoms with Crippen LogP contribution in [0, 0.1) is 0 Å². The maximum atomic E-state index is 12.8. The van der Waals surface area contributed by atoms with E-state index in [-0.39, 0.29) is 22.2 Å². The van der Waals surface area contributed by atoms with Crippen LogP contribution in [0.15, 0.2) is 76.1 Å². The number of halogens is 3. The number of aromatic nitrogens is 1. The Balaban J connectivity index is 1.42. The van der Waals surface area contributed by atoms with Crippen molar-refractivity contribution >= 4 is 23.4 Å². The summed E-state index contributed by atoms with van der Waals surface area (Å²) < 4.78 is 48.8. The number of rotatable bonds is 5. The maximum absolute atomic E-state index is 12.8. The van der Waals surface area contributed by atoms with E-state index in [0.717, 1.165) is 35.2 Å². The second-order valence-corrected chi connectivity index (χ2v) is 9.08. The number of carbonyl (C=O) groups is 1. The minimum atomic E-state index is -4.39. The molecule has 5 rings (SSSR count). The zero-order valence-corrected chi connectivity index (χ0v) is 19.3. The van der Waals surface area contributed by atoms with Crippen LogP contribution < -0.4 is 10.1 Å². The van der Waals surface area contributed by atoms with Crippen LogP contribution in [0.5, 0.6) is 5.75 Å². The fraction of sp³-hybridized carbons (Fsp3) is 0.154. The lowest BCUT2D eigenvalue weighted by Crippen LogP contribution is -2.12. The van der Waals surface area contributed by atoms with Gasteiger partial charge in [0.25, 0.3) is 5.91 Å². The summed E-state index contributed by atoms with van der Waals surface area (Å²) in [6, 6.07) is 18.6. The van der Waals surface area contributed by atoms with Gasteiger partial charge in [0.05, 0.1) is 12.8 Å². The molecule has 9 heteroatoms. The van der Waals surface area contributed by atoms with Crippen LogP contribution in [0.2, 0.25) is 0 Å². The predicted molar refractivity (Wildman–Crippen MR) is 128 cm³/mol. The minimum absolute atomic E-state index is 0.00490. The molecular weight excluding hydrogens is 477 g/mol. The number of alkyl halides is 3. The Morgan fingerprint density at radius 1 is 1.06 bits per heavy atom. The molecule has 1 heterocycles.